The highest BCUT2D eigenvalue weighted by Gasteiger charge is 2.40. The molecule has 1 amide bonds. The lowest BCUT2D eigenvalue weighted by atomic mass is 10.1. The smallest absolute Gasteiger partial charge is 0.275 e. The third-order valence-electron chi connectivity index (χ3n) is 4.81. The zero-order chi connectivity index (χ0) is 20.2. The van der Waals surface area contributed by atoms with Crippen LogP contribution in [0.3, 0.4) is 0 Å². The van der Waals surface area contributed by atoms with Crippen LogP contribution in [0.2, 0.25) is 15.1 Å². The number of carbonyl (C=O) groups excluding carboxylic acids is 1. The van der Waals surface area contributed by atoms with Gasteiger partial charge >= 0.3 is 0 Å². The molecule has 4 nitrogen and oxygen atoms in total. The molecule has 0 saturated heterocycles. The number of fused-ring (bicyclic) bond motifs is 1. The van der Waals surface area contributed by atoms with Crippen LogP contribution in [-0.4, -0.2) is 26.1 Å². The standard InChI is InChI=1S/C21H18Cl3N3O/c1-21(2,3)26-11-15-18(20(26)28)25-27(17-9-8-14(23)10-16(17)24)19(15)12-4-6-13(22)7-5-12/h4-10H,11H2,1-3H3. The van der Waals surface area contributed by atoms with Gasteiger partial charge in [0.15, 0.2) is 5.69 Å². The maximum atomic E-state index is 13.0. The zero-order valence-electron chi connectivity index (χ0n) is 15.6. The number of aromatic nitrogens is 2. The van der Waals surface area contributed by atoms with Crippen LogP contribution in [0.1, 0.15) is 36.8 Å². The molecule has 0 bridgehead atoms. The number of rotatable bonds is 2. The van der Waals surface area contributed by atoms with Crippen molar-refractivity contribution in [2.75, 3.05) is 0 Å². The van der Waals surface area contributed by atoms with Crippen LogP contribution in [0.25, 0.3) is 16.9 Å². The molecular weight excluding hydrogens is 417 g/mol. The lowest BCUT2D eigenvalue weighted by Crippen LogP contribution is -2.41. The molecule has 1 aliphatic rings. The van der Waals surface area contributed by atoms with Gasteiger partial charge in [-0.05, 0) is 51.1 Å². The molecule has 1 aliphatic heterocycles. The Labute approximate surface area is 178 Å². The van der Waals surface area contributed by atoms with Crippen molar-refractivity contribution in [2.24, 2.45) is 0 Å². The van der Waals surface area contributed by atoms with Gasteiger partial charge in [-0.15, -0.1) is 0 Å². The van der Waals surface area contributed by atoms with Crippen LogP contribution in [0.4, 0.5) is 0 Å². The molecule has 144 valence electrons. The summed E-state index contributed by atoms with van der Waals surface area (Å²) >= 11 is 18.6. The Morgan fingerprint density at radius 3 is 2.21 bits per heavy atom. The molecule has 0 radical (unpaired) electrons. The number of halogens is 3. The van der Waals surface area contributed by atoms with E-state index in [1.807, 2.05) is 49.9 Å². The number of carbonyl (C=O) groups is 1. The highest BCUT2D eigenvalue weighted by molar-refractivity contribution is 6.35. The van der Waals surface area contributed by atoms with E-state index in [2.05, 4.69) is 5.10 Å². The summed E-state index contributed by atoms with van der Waals surface area (Å²) in [5.41, 5.74) is 3.44. The van der Waals surface area contributed by atoms with Crippen molar-refractivity contribution in [3.8, 4) is 16.9 Å². The number of benzene rings is 2. The van der Waals surface area contributed by atoms with Gasteiger partial charge in [-0.2, -0.15) is 5.10 Å². The Bertz CT molecular complexity index is 1080. The van der Waals surface area contributed by atoms with E-state index in [-0.39, 0.29) is 11.4 Å². The van der Waals surface area contributed by atoms with Crippen molar-refractivity contribution in [2.45, 2.75) is 32.9 Å². The molecule has 4 rings (SSSR count). The maximum Gasteiger partial charge on any atom is 0.275 e. The summed E-state index contributed by atoms with van der Waals surface area (Å²) in [6.07, 6.45) is 0. The van der Waals surface area contributed by atoms with Gasteiger partial charge in [-0.3, -0.25) is 4.79 Å². The predicted octanol–water partition coefficient (Wildman–Crippen LogP) is 6.25. The van der Waals surface area contributed by atoms with Crippen LogP contribution in [0, 0.1) is 0 Å². The van der Waals surface area contributed by atoms with E-state index in [0.29, 0.717) is 33.0 Å². The Kier molecular flexibility index (Phi) is 4.69. The van der Waals surface area contributed by atoms with Gasteiger partial charge < -0.3 is 4.90 Å². The molecule has 7 heteroatoms. The molecule has 0 fully saturated rings. The van der Waals surface area contributed by atoms with Crippen LogP contribution < -0.4 is 0 Å². The summed E-state index contributed by atoms with van der Waals surface area (Å²) in [5, 5.41) is 6.30. The lowest BCUT2D eigenvalue weighted by Gasteiger charge is -2.31. The second-order valence-corrected chi connectivity index (χ2v) is 9.03. The Morgan fingerprint density at radius 2 is 1.61 bits per heavy atom. The van der Waals surface area contributed by atoms with Gasteiger partial charge in [-0.25, -0.2) is 4.68 Å². The maximum absolute atomic E-state index is 13.0. The Hall–Kier alpha value is -2.01. The first-order valence-corrected chi connectivity index (χ1v) is 9.95. The molecule has 0 saturated carbocycles. The highest BCUT2D eigenvalue weighted by atomic mass is 35.5. The topological polar surface area (TPSA) is 38.1 Å². The minimum atomic E-state index is -0.301. The van der Waals surface area contributed by atoms with Gasteiger partial charge in [0.1, 0.15) is 0 Å². The summed E-state index contributed by atoms with van der Waals surface area (Å²) in [5.74, 6) is -0.0819. The largest absolute Gasteiger partial charge is 0.328 e. The molecule has 0 unspecified atom stereocenters. The zero-order valence-corrected chi connectivity index (χ0v) is 17.9. The van der Waals surface area contributed by atoms with Crippen LogP contribution >= 0.6 is 34.8 Å². The predicted molar refractivity (Wildman–Crippen MR) is 114 cm³/mol. The first-order valence-electron chi connectivity index (χ1n) is 8.82. The van der Waals surface area contributed by atoms with Gasteiger partial charge in [0, 0.05) is 26.7 Å². The number of hydrogen-bond donors (Lipinski definition) is 0. The second-order valence-electron chi connectivity index (χ2n) is 7.75. The fourth-order valence-corrected chi connectivity index (χ4v) is 4.02. The minimum Gasteiger partial charge on any atom is -0.328 e. The molecule has 0 N–H and O–H groups in total. The Balaban J connectivity index is 1.95. The number of amides is 1. The van der Waals surface area contributed by atoms with Crippen molar-refractivity contribution >= 4 is 40.7 Å². The molecule has 28 heavy (non-hydrogen) atoms. The lowest BCUT2D eigenvalue weighted by molar-refractivity contribution is 0.0603. The average molecular weight is 435 g/mol. The van der Waals surface area contributed by atoms with Gasteiger partial charge in [0.05, 0.1) is 22.9 Å². The van der Waals surface area contributed by atoms with Crippen molar-refractivity contribution in [1.29, 1.82) is 0 Å². The van der Waals surface area contributed by atoms with Gasteiger partial charge in [-0.1, -0.05) is 46.9 Å². The van der Waals surface area contributed by atoms with Gasteiger partial charge in [0.2, 0.25) is 0 Å². The third-order valence-corrected chi connectivity index (χ3v) is 5.60. The normalized spacial score (nSPS) is 13.9. The van der Waals surface area contributed by atoms with Crippen LogP contribution in [0.15, 0.2) is 42.5 Å². The first kappa shape index (κ1) is 19.3. The molecule has 1 aromatic heterocycles. The monoisotopic (exact) mass is 433 g/mol. The summed E-state index contributed by atoms with van der Waals surface area (Å²) in [7, 11) is 0. The average Bonchev–Trinajstić information content (AvgIpc) is 3.13. The van der Waals surface area contributed by atoms with E-state index < -0.39 is 0 Å². The molecule has 2 heterocycles. The van der Waals surface area contributed by atoms with Gasteiger partial charge in [0.25, 0.3) is 5.91 Å². The number of nitrogens with zero attached hydrogens (tertiary/aromatic N) is 3. The van der Waals surface area contributed by atoms with E-state index in [1.165, 1.54) is 0 Å². The summed E-state index contributed by atoms with van der Waals surface area (Å²) < 4.78 is 1.73. The fraction of sp³-hybridized carbons (Fsp3) is 0.238. The second kappa shape index (κ2) is 6.80. The minimum absolute atomic E-state index is 0.0819. The molecule has 2 aromatic carbocycles. The summed E-state index contributed by atoms with van der Waals surface area (Å²) in [6.45, 7) is 6.54. The van der Waals surface area contributed by atoms with Crippen LogP contribution in [-0.2, 0) is 6.54 Å². The van der Waals surface area contributed by atoms with E-state index in [0.717, 1.165) is 16.8 Å². The van der Waals surface area contributed by atoms with E-state index in [9.17, 15) is 4.79 Å². The molecule has 0 aliphatic carbocycles. The highest BCUT2D eigenvalue weighted by Crippen LogP contribution is 2.38. The molecular formula is C21H18Cl3N3O. The van der Waals surface area contributed by atoms with Crippen molar-refractivity contribution in [3.63, 3.8) is 0 Å². The molecule has 0 atom stereocenters. The Morgan fingerprint density at radius 1 is 0.964 bits per heavy atom. The third kappa shape index (κ3) is 3.20. The quantitative estimate of drug-likeness (QED) is 0.478. The summed E-state index contributed by atoms with van der Waals surface area (Å²) in [6, 6.07) is 12.7. The van der Waals surface area contributed by atoms with Crippen molar-refractivity contribution < 1.29 is 4.79 Å². The fourth-order valence-electron chi connectivity index (χ4n) is 3.40. The summed E-state index contributed by atoms with van der Waals surface area (Å²) in [4.78, 5) is 14.9. The van der Waals surface area contributed by atoms with Crippen LogP contribution in [0.5, 0.6) is 0 Å². The SMILES string of the molecule is CC(C)(C)N1Cc2c(nn(-c3ccc(Cl)cc3Cl)c2-c2ccc(Cl)cc2)C1=O. The molecule has 0 spiro atoms. The molecule has 3 aromatic rings. The van der Waals surface area contributed by atoms with E-state index in [4.69, 9.17) is 34.8 Å². The van der Waals surface area contributed by atoms with E-state index in [1.54, 1.807) is 22.9 Å². The van der Waals surface area contributed by atoms with Crippen molar-refractivity contribution in [1.82, 2.24) is 14.7 Å². The van der Waals surface area contributed by atoms with Crippen molar-refractivity contribution in [3.05, 3.63) is 68.8 Å². The number of hydrogen-bond acceptors (Lipinski definition) is 2. The van der Waals surface area contributed by atoms with E-state index >= 15 is 0 Å². The first-order chi connectivity index (χ1) is 13.2.